The van der Waals surface area contributed by atoms with Gasteiger partial charge >= 0.3 is 0 Å². The van der Waals surface area contributed by atoms with Crippen LogP contribution in [0.1, 0.15) is 53.0 Å². The zero-order valence-corrected chi connectivity index (χ0v) is 23.4. The van der Waals surface area contributed by atoms with Gasteiger partial charge in [0.1, 0.15) is 11.5 Å². The molecule has 6 aromatic rings. The first-order valence-corrected chi connectivity index (χ1v) is 13.8. The van der Waals surface area contributed by atoms with E-state index in [1.165, 1.54) is 27.5 Å². The van der Waals surface area contributed by atoms with E-state index in [9.17, 15) is 0 Å². The molecule has 194 valence electrons. The Morgan fingerprint density at radius 3 is 2.13 bits per heavy atom. The number of benzene rings is 4. The highest BCUT2D eigenvalue weighted by Gasteiger charge is 2.16. The van der Waals surface area contributed by atoms with Gasteiger partial charge in [-0.2, -0.15) is 0 Å². The minimum absolute atomic E-state index is 0.268. The zero-order chi connectivity index (χ0) is 28.0. The highest BCUT2D eigenvalue weighted by molar-refractivity contribution is 5.97. The molecule has 2 aromatic heterocycles. The average molecular weight is 511 g/mol. The van der Waals surface area contributed by atoms with Crippen LogP contribution in [-0.4, -0.2) is 4.98 Å². The Morgan fingerprint density at radius 1 is 0.769 bits per heavy atom. The van der Waals surface area contributed by atoms with Crippen molar-refractivity contribution < 1.29 is 5.79 Å². The van der Waals surface area contributed by atoms with Crippen molar-refractivity contribution >= 4 is 21.7 Å². The van der Waals surface area contributed by atoms with Gasteiger partial charge in [0, 0.05) is 22.7 Å². The van der Waals surface area contributed by atoms with Gasteiger partial charge < -0.3 is 4.42 Å². The van der Waals surface area contributed by atoms with Crippen LogP contribution < -0.4 is 0 Å². The molecule has 0 saturated carbocycles. The quantitative estimate of drug-likeness (QED) is 0.230. The Bertz CT molecular complexity index is 1820. The van der Waals surface area contributed by atoms with E-state index in [1.54, 1.807) is 6.20 Å². The maximum Gasteiger partial charge on any atom is 0.161 e. The van der Waals surface area contributed by atoms with Gasteiger partial charge in [-0.05, 0) is 75.0 Å². The Hall–Kier alpha value is -4.17. The average Bonchev–Trinajstić information content (AvgIpc) is 3.28. The lowest BCUT2D eigenvalue weighted by Gasteiger charge is -2.18. The third-order valence-electron chi connectivity index (χ3n) is 7.31. The summed E-state index contributed by atoms with van der Waals surface area (Å²) in [4.78, 5) is 4.74. The van der Waals surface area contributed by atoms with Gasteiger partial charge in [0.05, 0.1) is 1.37 Å². The van der Waals surface area contributed by atoms with Crippen molar-refractivity contribution in [2.75, 3.05) is 0 Å². The van der Waals surface area contributed by atoms with Gasteiger partial charge in [-0.3, -0.25) is 4.98 Å². The number of hydrogen-bond donors (Lipinski definition) is 0. The lowest BCUT2D eigenvalue weighted by Crippen LogP contribution is -2.08. The fourth-order valence-corrected chi connectivity index (χ4v) is 5.43. The molecule has 0 amide bonds. The normalized spacial score (nSPS) is 12.4. The zero-order valence-electron chi connectivity index (χ0n) is 24.4. The summed E-state index contributed by atoms with van der Waals surface area (Å²) in [5, 5.41) is 3.22. The summed E-state index contributed by atoms with van der Waals surface area (Å²) in [6, 6.07) is 32.3. The van der Waals surface area contributed by atoms with Crippen LogP contribution in [0.3, 0.4) is 0 Å². The van der Waals surface area contributed by atoms with Gasteiger partial charge in [0.2, 0.25) is 0 Å². The van der Waals surface area contributed by atoms with E-state index in [4.69, 9.17) is 10.8 Å². The number of hydrogen-bond acceptors (Lipinski definition) is 2. The fraction of sp³-hybridized carbons (Fsp3) is 0.216. The van der Waals surface area contributed by atoms with Crippen LogP contribution in [0.2, 0.25) is 0 Å². The highest BCUT2D eigenvalue weighted by atomic mass is 16.3. The molecule has 0 radical (unpaired) electrons. The molecule has 0 aliphatic rings. The first kappa shape index (κ1) is 23.9. The van der Waals surface area contributed by atoms with Crippen LogP contribution in [0, 0.1) is 5.41 Å². The maximum atomic E-state index is 8.95. The van der Waals surface area contributed by atoms with Crippen LogP contribution >= 0.6 is 0 Å². The summed E-state index contributed by atoms with van der Waals surface area (Å²) in [6.45, 7) is 11.2. The van der Waals surface area contributed by atoms with Crippen molar-refractivity contribution in [1.29, 1.82) is 0 Å². The Morgan fingerprint density at radius 2 is 1.44 bits per heavy atom. The molecule has 0 spiro atoms. The molecule has 0 unspecified atom stereocenters. The maximum absolute atomic E-state index is 8.95. The van der Waals surface area contributed by atoms with E-state index >= 15 is 0 Å². The number of rotatable bonds is 5. The van der Waals surface area contributed by atoms with Gasteiger partial charge in [-0.1, -0.05) is 107 Å². The lowest BCUT2D eigenvalue weighted by molar-refractivity contribution is 0.411. The van der Waals surface area contributed by atoms with E-state index in [0.29, 0.717) is 23.3 Å². The monoisotopic (exact) mass is 510 g/mol. The second-order valence-corrected chi connectivity index (χ2v) is 12.0. The second-order valence-electron chi connectivity index (χ2n) is 12.0. The topological polar surface area (TPSA) is 26.0 Å². The third-order valence-corrected chi connectivity index (χ3v) is 7.31. The minimum atomic E-state index is 0.268. The Kier molecular flexibility index (Phi) is 6.04. The van der Waals surface area contributed by atoms with Crippen molar-refractivity contribution in [3.05, 3.63) is 114 Å². The van der Waals surface area contributed by atoms with E-state index in [-0.39, 0.29) is 5.41 Å². The summed E-state index contributed by atoms with van der Waals surface area (Å²) in [5.74, 6) is 0.942. The molecule has 0 bridgehead atoms. The minimum Gasteiger partial charge on any atom is -0.454 e. The summed E-state index contributed by atoms with van der Waals surface area (Å²) in [5.41, 5.74) is 8.57. The van der Waals surface area contributed by atoms with Gasteiger partial charge in [-0.15, -0.1) is 0 Å². The van der Waals surface area contributed by atoms with Crippen LogP contribution in [0.15, 0.2) is 108 Å². The molecule has 0 fully saturated rings. The Labute approximate surface area is 232 Å². The van der Waals surface area contributed by atoms with Crippen molar-refractivity contribution in [3.8, 4) is 33.7 Å². The summed E-state index contributed by atoms with van der Waals surface area (Å²) in [6.07, 6.45) is 2.84. The van der Waals surface area contributed by atoms with Crippen LogP contribution in [0.4, 0.5) is 0 Å². The molecule has 2 heterocycles. The molecule has 0 saturated heterocycles. The molecule has 4 aromatic carbocycles. The van der Waals surface area contributed by atoms with Crippen LogP contribution in [-0.2, 0) is 6.42 Å². The molecular weight excluding hydrogens is 474 g/mol. The van der Waals surface area contributed by atoms with E-state index < -0.39 is 0 Å². The van der Waals surface area contributed by atoms with Crippen LogP contribution in [0.25, 0.3) is 55.4 Å². The smallest absolute Gasteiger partial charge is 0.161 e. The first-order valence-electron chi connectivity index (χ1n) is 14.3. The highest BCUT2D eigenvalue weighted by Crippen LogP contribution is 2.37. The standard InChI is InChI=1S/C37H35NO/c1-24(2)33-21-31(20-29-8-6-7-9-32(29)33)35-36-30(18-19-38-35)22-34(39-36)28-16-14-27(15-17-28)26-12-10-25(11-13-26)23-37(3,4)5/h6-22,24H,23H2,1-5H3/i22D. The molecular formula is C37H35NO. The summed E-state index contributed by atoms with van der Waals surface area (Å²) >= 11 is 0. The number of fused-ring (bicyclic) bond motifs is 2. The molecule has 0 aliphatic carbocycles. The molecule has 2 nitrogen and oxygen atoms in total. The van der Waals surface area contributed by atoms with Crippen molar-refractivity contribution in [2.24, 2.45) is 5.41 Å². The molecule has 0 N–H and O–H groups in total. The third kappa shape index (κ3) is 5.12. The van der Waals surface area contributed by atoms with E-state index in [0.717, 1.165) is 34.2 Å². The Balaban J connectivity index is 1.37. The molecule has 6 rings (SSSR count). The lowest BCUT2D eigenvalue weighted by atomic mass is 9.87. The van der Waals surface area contributed by atoms with Gasteiger partial charge in [-0.25, -0.2) is 0 Å². The van der Waals surface area contributed by atoms with E-state index in [2.05, 4.69) is 107 Å². The first-order chi connectivity index (χ1) is 19.2. The largest absolute Gasteiger partial charge is 0.454 e. The molecule has 0 aliphatic heterocycles. The van der Waals surface area contributed by atoms with Gasteiger partial charge in [0.15, 0.2) is 5.58 Å². The second kappa shape index (κ2) is 9.85. The fourth-order valence-electron chi connectivity index (χ4n) is 5.43. The summed E-state index contributed by atoms with van der Waals surface area (Å²) in [7, 11) is 0. The van der Waals surface area contributed by atoms with Crippen molar-refractivity contribution in [1.82, 2.24) is 4.98 Å². The number of aromatic nitrogens is 1. The summed E-state index contributed by atoms with van der Waals surface area (Å²) < 4.78 is 15.4. The number of furan rings is 1. The predicted octanol–water partition coefficient (Wildman–Crippen LogP) is 10.7. The molecule has 0 atom stereocenters. The molecule has 2 heteroatoms. The molecule has 39 heavy (non-hydrogen) atoms. The van der Waals surface area contributed by atoms with Gasteiger partial charge in [0.25, 0.3) is 0 Å². The van der Waals surface area contributed by atoms with Crippen molar-refractivity contribution in [3.63, 3.8) is 0 Å². The predicted molar refractivity (Wildman–Crippen MR) is 165 cm³/mol. The van der Waals surface area contributed by atoms with Crippen LogP contribution in [0.5, 0.6) is 0 Å². The SMILES string of the molecule is [2H]c1c(-c2ccc(-c3ccc(CC(C)(C)C)cc3)cc2)oc2c(-c3cc(C(C)C)c4ccccc4c3)nccc12. The van der Waals surface area contributed by atoms with Crippen molar-refractivity contribution in [2.45, 2.75) is 47.0 Å². The van der Waals surface area contributed by atoms with E-state index in [1.807, 2.05) is 18.2 Å². The number of pyridine rings is 1. The number of nitrogens with zero attached hydrogens (tertiary/aromatic N) is 1.